The van der Waals surface area contributed by atoms with E-state index in [9.17, 15) is 5.11 Å². The molecule has 2 N–H and O–H groups in total. The van der Waals surface area contributed by atoms with E-state index in [-0.39, 0.29) is 6.10 Å². The van der Waals surface area contributed by atoms with Crippen LogP contribution in [0.1, 0.15) is 26.2 Å². The Hall–Kier alpha value is -0.120. The molecule has 0 amide bonds. The first-order chi connectivity index (χ1) is 6.02. The number of aliphatic hydroxyl groups is 1. The first-order valence-corrected chi connectivity index (χ1v) is 5.10. The molecular formula is C10H22N2O. The molecule has 0 aromatic carbocycles. The zero-order valence-corrected chi connectivity index (χ0v) is 9.01. The van der Waals surface area contributed by atoms with Gasteiger partial charge in [0.05, 0.1) is 6.10 Å². The molecule has 0 aromatic heterocycles. The Morgan fingerprint density at radius 2 is 2.08 bits per heavy atom. The fourth-order valence-corrected chi connectivity index (χ4v) is 1.73. The Morgan fingerprint density at radius 1 is 1.46 bits per heavy atom. The lowest BCUT2D eigenvalue weighted by molar-refractivity contribution is 0.108. The average Bonchev–Trinajstić information content (AvgIpc) is 1.96. The lowest BCUT2D eigenvalue weighted by Crippen LogP contribution is -2.51. The number of rotatable bonds is 5. The SMILES string of the molecule is CN(C)CC(O)CNC1(C)CCC1. The van der Waals surface area contributed by atoms with Crippen LogP contribution in [0.15, 0.2) is 0 Å². The molecule has 78 valence electrons. The van der Waals surface area contributed by atoms with Gasteiger partial charge in [0.2, 0.25) is 0 Å². The highest BCUT2D eigenvalue weighted by Crippen LogP contribution is 2.30. The lowest BCUT2D eigenvalue weighted by atomic mass is 9.78. The van der Waals surface area contributed by atoms with Crippen molar-refractivity contribution in [2.24, 2.45) is 0 Å². The van der Waals surface area contributed by atoms with Crippen LogP contribution in [0.5, 0.6) is 0 Å². The molecule has 1 fully saturated rings. The zero-order chi connectivity index (χ0) is 9.90. The Kier molecular flexibility index (Phi) is 3.71. The predicted octanol–water partition coefficient (Wildman–Crippen LogP) is 0.441. The van der Waals surface area contributed by atoms with Crippen LogP contribution in [0.2, 0.25) is 0 Å². The van der Waals surface area contributed by atoms with E-state index in [4.69, 9.17) is 0 Å². The van der Waals surface area contributed by atoms with Gasteiger partial charge in [-0.25, -0.2) is 0 Å². The summed E-state index contributed by atoms with van der Waals surface area (Å²) in [5.74, 6) is 0. The third-order valence-electron chi connectivity index (χ3n) is 2.80. The highest BCUT2D eigenvalue weighted by Gasteiger charge is 2.31. The molecule has 1 saturated carbocycles. The number of likely N-dealkylation sites (N-methyl/N-ethyl adjacent to an activating group) is 1. The van der Waals surface area contributed by atoms with Gasteiger partial charge >= 0.3 is 0 Å². The number of hydrogen-bond donors (Lipinski definition) is 2. The van der Waals surface area contributed by atoms with Crippen molar-refractivity contribution < 1.29 is 5.11 Å². The summed E-state index contributed by atoms with van der Waals surface area (Å²) >= 11 is 0. The van der Waals surface area contributed by atoms with Gasteiger partial charge in [0.25, 0.3) is 0 Å². The summed E-state index contributed by atoms with van der Waals surface area (Å²) in [5, 5.41) is 13.0. The smallest absolute Gasteiger partial charge is 0.0791 e. The second-order valence-corrected chi connectivity index (χ2v) is 4.71. The normalized spacial score (nSPS) is 22.8. The Balaban J connectivity index is 2.10. The minimum atomic E-state index is -0.243. The largest absolute Gasteiger partial charge is 0.390 e. The Morgan fingerprint density at radius 3 is 2.46 bits per heavy atom. The molecule has 0 saturated heterocycles. The minimum absolute atomic E-state index is 0.243. The van der Waals surface area contributed by atoms with Crippen LogP contribution in [0.25, 0.3) is 0 Å². The monoisotopic (exact) mass is 186 g/mol. The van der Waals surface area contributed by atoms with Gasteiger partial charge in [0.15, 0.2) is 0 Å². The van der Waals surface area contributed by atoms with Gasteiger partial charge in [0.1, 0.15) is 0 Å². The van der Waals surface area contributed by atoms with Crippen LogP contribution in [0.4, 0.5) is 0 Å². The van der Waals surface area contributed by atoms with E-state index < -0.39 is 0 Å². The van der Waals surface area contributed by atoms with E-state index in [0.717, 1.165) is 6.54 Å². The predicted molar refractivity (Wildman–Crippen MR) is 54.8 cm³/mol. The Bertz CT molecular complexity index is 155. The second-order valence-electron chi connectivity index (χ2n) is 4.71. The summed E-state index contributed by atoms with van der Waals surface area (Å²) in [6, 6.07) is 0. The van der Waals surface area contributed by atoms with Crippen molar-refractivity contribution in [2.75, 3.05) is 27.2 Å². The molecule has 1 unspecified atom stereocenters. The summed E-state index contributed by atoms with van der Waals surface area (Å²) in [4.78, 5) is 2.01. The molecule has 1 rings (SSSR count). The molecule has 0 aliphatic heterocycles. The van der Waals surface area contributed by atoms with Crippen molar-refractivity contribution in [3.8, 4) is 0 Å². The lowest BCUT2D eigenvalue weighted by Gasteiger charge is -2.40. The summed E-state index contributed by atoms with van der Waals surface area (Å²) < 4.78 is 0. The van der Waals surface area contributed by atoms with E-state index in [1.165, 1.54) is 19.3 Å². The van der Waals surface area contributed by atoms with Crippen molar-refractivity contribution in [1.82, 2.24) is 10.2 Å². The van der Waals surface area contributed by atoms with Gasteiger partial charge in [-0.2, -0.15) is 0 Å². The van der Waals surface area contributed by atoms with Crippen LogP contribution in [-0.2, 0) is 0 Å². The van der Waals surface area contributed by atoms with Gasteiger partial charge in [-0.15, -0.1) is 0 Å². The van der Waals surface area contributed by atoms with Crippen molar-refractivity contribution in [3.63, 3.8) is 0 Å². The van der Waals surface area contributed by atoms with E-state index >= 15 is 0 Å². The van der Waals surface area contributed by atoms with E-state index in [1.807, 2.05) is 19.0 Å². The first kappa shape index (κ1) is 11.0. The average molecular weight is 186 g/mol. The molecule has 3 heteroatoms. The van der Waals surface area contributed by atoms with E-state index in [2.05, 4.69) is 12.2 Å². The topological polar surface area (TPSA) is 35.5 Å². The maximum absolute atomic E-state index is 9.60. The van der Waals surface area contributed by atoms with Gasteiger partial charge in [0, 0.05) is 18.6 Å². The van der Waals surface area contributed by atoms with Gasteiger partial charge < -0.3 is 15.3 Å². The van der Waals surface area contributed by atoms with Crippen molar-refractivity contribution in [1.29, 1.82) is 0 Å². The van der Waals surface area contributed by atoms with Crippen LogP contribution < -0.4 is 5.32 Å². The molecule has 0 spiro atoms. The quantitative estimate of drug-likeness (QED) is 0.654. The Labute approximate surface area is 81.1 Å². The summed E-state index contributed by atoms with van der Waals surface area (Å²) in [6.45, 7) is 3.69. The van der Waals surface area contributed by atoms with E-state index in [1.54, 1.807) is 0 Å². The molecule has 0 radical (unpaired) electrons. The highest BCUT2D eigenvalue weighted by atomic mass is 16.3. The summed E-state index contributed by atoms with van der Waals surface area (Å²) in [6.07, 6.45) is 3.59. The number of aliphatic hydroxyl groups excluding tert-OH is 1. The molecule has 1 aliphatic carbocycles. The molecule has 1 aliphatic rings. The van der Waals surface area contributed by atoms with Gasteiger partial charge in [-0.3, -0.25) is 0 Å². The van der Waals surface area contributed by atoms with Crippen LogP contribution in [0, 0.1) is 0 Å². The van der Waals surface area contributed by atoms with Crippen molar-refractivity contribution >= 4 is 0 Å². The van der Waals surface area contributed by atoms with Crippen LogP contribution in [-0.4, -0.2) is 48.8 Å². The fraction of sp³-hybridized carbons (Fsp3) is 1.00. The number of nitrogens with one attached hydrogen (secondary N) is 1. The number of nitrogens with zero attached hydrogens (tertiary/aromatic N) is 1. The maximum Gasteiger partial charge on any atom is 0.0791 e. The molecular weight excluding hydrogens is 164 g/mol. The molecule has 3 nitrogen and oxygen atoms in total. The van der Waals surface area contributed by atoms with Gasteiger partial charge in [-0.05, 0) is 40.3 Å². The maximum atomic E-state index is 9.60. The zero-order valence-electron chi connectivity index (χ0n) is 9.01. The third kappa shape index (κ3) is 3.63. The molecule has 0 heterocycles. The first-order valence-electron chi connectivity index (χ1n) is 5.10. The second kappa shape index (κ2) is 4.40. The number of hydrogen-bond acceptors (Lipinski definition) is 3. The molecule has 13 heavy (non-hydrogen) atoms. The van der Waals surface area contributed by atoms with E-state index in [0.29, 0.717) is 12.1 Å². The number of β-amino-alcohol motifs (C(OH)–C–C–N with tert-alkyl or cyclic N) is 1. The molecule has 1 atom stereocenters. The highest BCUT2D eigenvalue weighted by molar-refractivity contribution is 4.91. The molecule has 0 aromatic rings. The fourth-order valence-electron chi connectivity index (χ4n) is 1.73. The van der Waals surface area contributed by atoms with Gasteiger partial charge in [-0.1, -0.05) is 0 Å². The summed E-state index contributed by atoms with van der Waals surface area (Å²) in [5.41, 5.74) is 0.313. The van der Waals surface area contributed by atoms with Crippen LogP contribution in [0.3, 0.4) is 0 Å². The molecule has 0 bridgehead atoms. The standard InChI is InChI=1S/C10H22N2O/c1-10(5-4-6-10)11-7-9(13)8-12(2)3/h9,11,13H,4-8H2,1-3H3. The summed E-state index contributed by atoms with van der Waals surface area (Å²) in [7, 11) is 3.96. The minimum Gasteiger partial charge on any atom is -0.390 e. The third-order valence-corrected chi connectivity index (χ3v) is 2.80. The van der Waals surface area contributed by atoms with Crippen LogP contribution >= 0.6 is 0 Å². The van der Waals surface area contributed by atoms with Crippen molar-refractivity contribution in [3.05, 3.63) is 0 Å². The van der Waals surface area contributed by atoms with Crippen molar-refractivity contribution in [2.45, 2.75) is 37.8 Å².